The van der Waals surface area contributed by atoms with Gasteiger partial charge in [0.1, 0.15) is 0 Å². The summed E-state index contributed by atoms with van der Waals surface area (Å²) in [6.07, 6.45) is 8.73. The summed E-state index contributed by atoms with van der Waals surface area (Å²) in [6, 6.07) is 0. The Balaban J connectivity index is 2.28. The number of aliphatic hydroxyl groups is 2. The lowest BCUT2D eigenvalue weighted by molar-refractivity contribution is -0.216. The van der Waals surface area contributed by atoms with Crippen LogP contribution in [0.4, 0.5) is 0 Å². The smallest absolute Gasteiger partial charge is 0.0883 e. The summed E-state index contributed by atoms with van der Waals surface area (Å²) in [5, 5.41) is 21.6. The van der Waals surface area contributed by atoms with Crippen LogP contribution in [0.25, 0.3) is 0 Å². The molecule has 3 nitrogen and oxygen atoms in total. The molecule has 0 aromatic carbocycles. The second-order valence-electron chi connectivity index (χ2n) is 8.31. The van der Waals surface area contributed by atoms with Crippen molar-refractivity contribution in [1.29, 1.82) is 0 Å². The van der Waals surface area contributed by atoms with E-state index < -0.39 is 11.2 Å². The van der Waals surface area contributed by atoms with Gasteiger partial charge in [-0.1, -0.05) is 37.1 Å². The molecule has 0 radical (unpaired) electrons. The van der Waals surface area contributed by atoms with Crippen LogP contribution in [0.3, 0.4) is 0 Å². The average molecular weight is 322 g/mol. The zero-order valence-corrected chi connectivity index (χ0v) is 15.4. The Bertz CT molecular complexity index is 471. The molecule has 132 valence electrons. The zero-order chi connectivity index (χ0) is 17.3. The highest BCUT2D eigenvalue weighted by atomic mass is 16.5. The topological polar surface area (TPSA) is 49.7 Å². The van der Waals surface area contributed by atoms with E-state index in [1.54, 1.807) is 0 Å². The van der Waals surface area contributed by atoms with Gasteiger partial charge in [0, 0.05) is 0 Å². The molecule has 4 unspecified atom stereocenters. The molecule has 1 fully saturated rings. The van der Waals surface area contributed by atoms with Gasteiger partial charge in [-0.15, -0.1) is 0 Å². The number of hydrogen-bond donors (Lipinski definition) is 2. The van der Waals surface area contributed by atoms with E-state index in [-0.39, 0.29) is 12.2 Å². The zero-order valence-electron chi connectivity index (χ0n) is 15.4. The minimum atomic E-state index is -0.847. The van der Waals surface area contributed by atoms with Crippen LogP contribution in [0.15, 0.2) is 23.3 Å². The van der Waals surface area contributed by atoms with Crippen molar-refractivity contribution in [2.45, 2.75) is 96.6 Å². The fourth-order valence-electron chi connectivity index (χ4n) is 3.65. The van der Waals surface area contributed by atoms with Crippen molar-refractivity contribution < 1.29 is 14.9 Å². The van der Waals surface area contributed by atoms with Crippen molar-refractivity contribution >= 4 is 0 Å². The molecule has 0 aromatic heterocycles. The van der Waals surface area contributed by atoms with E-state index in [0.717, 1.165) is 19.3 Å². The van der Waals surface area contributed by atoms with Gasteiger partial charge < -0.3 is 14.9 Å². The number of hydrogen-bond acceptors (Lipinski definition) is 3. The number of allylic oxidation sites excluding steroid dienone is 4. The van der Waals surface area contributed by atoms with E-state index in [9.17, 15) is 10.2 Å². The summed E-state index contributed by atoms with van der Waals surface area (Å²) < 4.78 is 6.19. The first-order chi connectivity index (χ1) is 10.6. The quantitative estimate of drug-likeness (QED) is 0.763. The minimum absolute atomic E-state index is 0.190. The maximum Gasteiger partial charge on any atom is 0.0883 e. The summed E-state index contributed by atoms with van der Waals surface area (Å²) in [4.78, 5) is 0. The Morgan fingerprint density at radius 1 is 1.00 bits per heavy atom. The van der Waals surface area contributed by atoms with Crippen LogP contribution in [-0.4, -0.2) is 33.6 Å². The maximum absolute atomic E-state index is 10.9. The third-order valence-electron chi connectivity index (χ3n) is 5.67. The second-order valence-corrected chi connectivity index (χ2v) is 8.31. The highest BCUT2D eigenvalue weighted by molar-refractivity contribution is 5.19. The third-order valence-corrected chi connectivity index (χ3v) is 5.67. The summed E-state index contributed by atoms with van der Waals surface area (Å²) in [5.41, 5.74) is 1.05. The van der Waals surface area contributed by atoms with Crippen molar-refractivity contribution in [1.82, 2.24) is 0 Å². The molecule has 2 N–H and O–H groups in total. The molecular formula is C20H34O3. The van der Waals surface area contributed by atoms with Gasteiger partial charge in [-0.2, -0.15) is 0 Å². The standard InChI is InChI=1S/C20H34O3/c1-14(2)16-8-6-15(3)7-9-17-20(5,22)13-11-18(23-17)19(4,21)12-10-16/h6,8,14,17-18,21-22H,7,9-13H2,1-5H3/b15-6+,16-8+. The van der Waals surface area contributed by atoms with Crippen molar-refractivity contribution in [3.05, 3.63) is 23.3 Å². The Morgan fingerprint density at radius 2 is 1.61 bits per heavy atom. The average Bonchev–Trinajstić information content (AvgIpc) is 2.43. The lowest BCUT2D eigenvalue weighted by Crippen LogP contribution is -2.54. The Hall–Kier alpha value is -0.640. The van der Waals surface area contributed by atoms with Crippen molar-refractivity contribution in [2.75, 3.05) is 0 Å². The molecule has 0 aliphatic carbocycles. The molecule has 2 aliphatic rings. The SMILES string of the molecule is C/C1=C\C=C(\C(C)C)CCC(C)(O)C2CCC(C)(O)C(CC1)O2. The highest BCUT2D eigenvalue weighted by Gasteiger charge is 2.44. The van der Waals surface area contributed by atoms with Gasteiger partial charge in [0.2, 0.25) is 0 Å². The normalized spacial score (nSPS) is 44.5. The first-order valence-corrected chi connectivity index (χ1v) is 9.08. The van der Waals surface area contributed by atoms with E-state index in [0.29, 0.717) is 25.2 Å². The maximum atomic E-state index is 10.9. The van der Waals surface area contributed by atoms with Crippen molar-refractivity contribution in [3.8, 4) is 0 Å². The number of rotatable bonds is 1. The molecule has 23 heavy (non-hydrogen) atoms. The summed E-state index contributed by atoms with van der Waals surface area (Å²) >= 11 is 0. The Morgan fingerprint density at radius 3 is 2.26 bits per heavy atom. The molecule has 2 bridgehead atoms. The molecular weight excluding hydrogens is 288 g/mol. The van der Waals surface area contributed by atoms with Gasteiger partial charge in [-0.25, -0.2) is 0 Å². The fraction of sp³-hybridized carbons (Fsp3) is 0.800. The molecule has 4 atom stereocenters. The van der Waals surface area contributed by atoms with E-state index in [4.69, 9.17) is 4.74 Å². The molecule has 0 saturated carbocycles. The molecule has 0 amide bonds. The fourth-order valence-corrected chi connectivity index (χ4v) is 3.65. The summed E-state index contributed by atoms with van der Waals surface area (Å²) in [6.45, 7) is 10.3. The van der Waals surface area contributed by atoms with Crippen LogP contribution in [-0.2, 0) is 4.74 Å². The van der Waals surface area contributed by atoms with E-state index in [1.165, 1.54) is 11.1 Å². The van der Waals surface area contributed by atoms with Gasteiger partial charge >= 0.3 is 0 Å². The van der Waals surface area contributed by atoms with E-state index in [2.05, 4.69) is 32.9 Å². The molecule has 3 heteroatoms. The van der Waals surface area contributed by atoms with Crippen LogP contribution in [0, 0.1) is 5.92 Å². The Labute approximate surface area is 141 Å². The largest absolute Gasteiger partial charge is 0.387 e. The van der Waals surface area contributed by atoms with Crippen LogP contribution in [0.1, 0.15) is 73.1 Å². The summed E-state index contributed by atoms with van der Waals surface area (Å²) in [5.74, 6) is 0.485. The Kier molecular flexibility index (Phi) is 5.76. The first kappa shape index (κ1) is 18.7. The minimum Gasteiger partial charge on any atom is -0.387 e. The predicted octanol–water partition coefficient (Wildman–Crippen LogP) is 4.14. The van der Waals surface area contributed by atoms with Gasteiger partial charge in [-0.05, 0) is 65.2 Å². The second kappa shape index (κ2) is 7.08. The monoisotopic (exact) mass is 322 g/mol. The van der Waals surface area contributed by atoms with Crippen molar-refractivity contribution in [3.63, 3.8) is 0 Å². The van der Waals surface area contributed by atoms with Crippen LogP contribution >= 0.6 is 0 Å². The molecule has 0 aromatic rings. The van der Waals surface area contributed by atoms with Gasteiger partial charge in [0.15, 0.2) is 0 Å². The molecule has 2 heterocycles. The van der Waals surface area contributed by atoms with Gasteiger partial charge in [-0.3, -0.25) is 0 Å². The van der Waals surface area contributed by atoms with E-state index in [1.807, 2.05) is 13.8 Å². The molecule has 2 aliphatic heterocycles. The van der Waals surface area contributed by atoms with Gasteiger partial charge in [0.25, 0.3) is 0 Å². The number of fused-ring (bicyclic) bond motifs is 2. The van der Waals surface area contributed by atoms with Crippen molar-refractivity contribution in [2.24, 2.45) is 5.92 Å². The van der Waals surface area contributed by atoms with Gasteiger partial charge in [0.05, 0.1) is 23.4 Å². The van der Waals surface area contributed by atoms with Crippen LogP contribution in [0.5, 0.6) is 0 Å². The van der Waals surface area contributed by atoms with E-state index >= 15 is 0 Å². The molecule has 0 spiro atoms. The molecule has 1 saturated heterocycles. The molecule has 2 rings (SSSR count). The predicted molar refractivity (Wildman–Crippen MR) is 94.3 cm³/mol. The number of ether oxygens (including phenoxy) is 1. The lowest BCUT2D eigenvalue weighted by Gasteiger charge is -2.46. The lowest BCUT2D eigenvalue weighted by atomic mass is 9.79. The summed E-state index contributed by atoms with van der Waals surface area (Å²) in [7, 11) is 0. The third kappa shape index (κ3) is 4.68. The highest BCUT2D eigenvalue weighted by Crippen LogP contribution is 2.38. The first-order valence-electron chi connectivity index (χ1n) is 9.08. The van der Waals surface area contributed by atoms with Crippen LogP contribution < -0.4 is 0 Å². The van der Waals surface area contributed by atoms with Crippen LogP contribution in [0.2, 0.25) is 0 Å².